The van der Waals surface area contributed by atoms with Gasteiger partial charge in [-0.05, 0) is 5.92 Å². The molecule has 1 aliphatic heterocycles. The molecule has 1 unspecified atom stereocenters. The van der Waals surface area contributed by atoms with Gasteiger partial charge in [0.15, 0.2) is 0 Å². The highest BCUT2D eigenvalue weighted by Crippen LogP contribution is 2.14. The molecule has 0 aliphatic carbocycles. The maximum Gasteiger partial charge on any atom is 0.326 e. The van der Waals surface area contributed by atoms with E-state index in [1.165, 1.54) is 0 Å². The molecule has 2 atom stereocenters. The number of amides is 1. The molecular formula is C10H18N2O3S. The smallest absolute Gasteiger partial charge is 0.326 e. The van der Waals surface area contributed by atoms with Crippen LogP contribution in [0.4, 0.5) is 0 Å². The van der Waals surface area contributed by atoms with E-state index < -0.39 is 12.0 Å². The summed E-state index contributed by atoms with van der Waals surface area (Å²) in [7, 11) is 0. The first-order valence-electron chi connectivity index (χ1n) is 5.38. The maximum absolute atomic E-state index is 11.8. The lowest BCUT2D eigenvalue weighted by atomic mass is 10.0. The minimum absolute atomic E-state index is 0.108. The zero-order valence-corrected chi connectivity index (χ0v) is 10.3. The summed E-state index contributed by atoms with van der Waals surface area (Å²) in [4.78, 5) is 22.7. The number of carboxylic acids is 1. The summed E-state index contributed by atoms with van der Waals surface area (Å²) in [6, 6.07) is -0.796. The van der Waals surface area contributed by atoms with Crippen molar-refractivity contribution >= 4 is 23.6 Å². The van der Waals surface area contributed by atoms with E-state index in [1.807, 2.05) is 0 Å². The second kappa shape index (κ2) is 6.10. The van der Waals surface area contributed by atoms with Crippen LogP contribution in [0.15, 0.2) is 0 Å². The number of carbonyl (C=O) groups is 2. The van der Waals surface area contributed by atoms with Gasteiger partial charge in [0.2, 0.25) is 5.91 Å². The van der Waals surface area contributed by atoms with Crippen LogP contribution in [-0.4, -0.2) is 47.1 Å². The molecule has 0 bridgehead atoms. The molecule has 92 valence electrons. The zero-order valence-electron chi connectivity index (χ0n) is 9.53. The van der Waals surface area contributed by atoms with Gasteiger partial charge in [-0.15, -0.1) is 11.8 Å². The molecule has 1 saturated heterocycles. The Bertz CT molecular complexity index is 265. The van der Waals surface area contributed by atoms with Gasteiger partial charge < -0.3 is 15.7 Å². The van der Waals surface area contributed by atoms with Crippen molar-refractivity contribution in [2.75, 3.05) is 18.8 Å². The van der Waals surface area contributed by atoms with Crippen LogP contribution in [0.3, 0.4) is 0 Å². The van der Waals surface area contributed by atoms with Crippen molar-refractivity contribution in [3.63, 3.8) is 0 Å². The fraction of sp³-hybridized carbons (Fsp3) is 0.800. The second-order valence-electron chi connectivity index (χ2n) is 4.13. The van der Waals surface area contributed by atoms with Crippen molar-refractivity contribution in [2.45, 2.75) is 25.1 Å². The van der Waals surface area contributed by atoms with E-state index in [-0.39, 0.29) is 17.1 Å². The van der Waals surface area contributed by atoms with Gasteiger partial charge in [-0.1, -0.05) is 13.8 Å². The van der Waals surface area contributed by atoms with Gasteiger partial charge in [-0.3, -0.25) is 4.79 Å². The van der Waals surface area contributed by atoms with Crippen molar-refractivity contribution < 1.29 is 14.7 Å². The summed E-state index contributed by atoms with van der Waals surface area (Å²) < 4.78 is 0. The van der Waals surface area contributed by atoms with Crippen LogP contribution in [0.2, 0.25) is 0 Å². The molecule has 5 nitrogen and oxygen atoms in total. The lowest BCUT2D eigenvalue weighted by Gasteiger charge is -2.25. The second-order valence-corrected chi connectivity index (χ2v) is 5.44. The highest BCUT2D eigenvalue weighted by molar-refractivity contribution is 8.00. The number of carbonyl (C=O) groups excluding carboxylic acids is 1. The lowest BCUT2D eigenvalue weighted by molar-refractivity contribution is -0.143. The average molecular weight is 246 g/mol. The van der Waals surface area contributed by atoms with Gasteiger partial charge in [0.05, 0.1) is 5.25 Å². The molecule has 3 N–H and O–H groups in total. The third-order valence-corrected chi connectivity index (χ3v) is 3.67. The number of nitrogens with one attached hydrogen (secondary N) is 2. The van der Waals surface area contributed by atoms with Crippen LogP contribution in [-0.2, 0) is 9.59 Å². The first-order chi connectivity index (χ1) is 7.52. The van der Waals surface area contributed by atoms with E-state index in [1.54, 1.807) is 25.6 Å². The minimum atomic E-state index is -0.975. The van der Waals surface area contributed by atoms with Crippen molar-refractivity contribution in [1.82, 2.24) is 10.6 Å². The Morgan fingerprint density at radius 3 is 2.62 bits per heavy atom. The minimum Gasteiger partial charge on any atom is -0.480 e. The maximum atomic E-state index is 11.8. The monoisotopic (exact) mass is 246 g/mol. The Hall–Kier alpha value is -0.750. The summed E-state index contributed by atoms with van der Waals surface area (Å²) in [5, 5.41) is 14.5. The molecule has 0 aromatic rings. The highest BCUT2D eigenvalue weighted by Gasteiger charge is 2.28. The van der Waals surface area contributed by atoms with E-state index in [4.69, 9.17) is 5.11 Å². The quantitative estimate of drug-likeness (QED) is 0.646. The summed E-state index contributed by atoms with van der Waals surface area (Å²) in [6.45, 7) is 5.08. The Morgan fingerprint density at radius 1 is 1.50 bits per heavy atom. The number of rotatable bonds is 4. The molecule has 16 heavy (non-hydrogen) atoms. The van der Waals surface area contributed by atoms with E-state index >= 15 is 0 Å². The Kier molecular flexibility index (Phi) is 5.08. The van der Waals surface area contributed by atoms with Crippen molar-refractivity contribution in [3.05, 3.63) is 0 Å². The first-order valence-corrected chi connectivity index (χ1v) is 6.42. The molecule has 0 radical (unpaired) electrons. The van der Waals surface area contributed by atoms with Crippen LogP contribution < -0.4 is 10.6 Å². The van der Waals surface area contributed by atoms with Gasteiger partial charge in [0.1, 0.15) is 6.04 Å². The number of hydrogen-bond acceptors (Lipinski definition) is 4. The molecule has 1 amide bonds. The average Bonchev–Trinajstić information content (AvgIpc) is 2.25. The lowest BCUT2D eigenvalue weighted by Crippen LogP contribution is -2.50. The Balaban J connectivity index is 2.50. The van der Waals surface area contributed by atoms with E-state index in [0.29, 0.717) is 6.54 Å². The molecule has 6 heteroatoms. The van der Waals surface area contributed by atoms with E-state index in [9.17, 15) is 9.59 Å². The van der Waals surface area contributed by atoms with Crippen LogP contribution >= 0.6 is 11.8 Å². The fourth-order valence-electron chi connectivity index (χ4n) is 1.49. The molecule has 0 aromatic heterocycles. The first kappa shape index (κ1) is 13.3. The van der Waals surface area contributed by atoms with E-state index in [0.717, 1.165) is 12.3 Å². The third-order valence-electron chi connectivity index (χ3n) is 2.45. The van der Waals surface area contributed by atoms with Crippen LogP contribution in [0, 0.1) is 5.92 Å². The summed E-state index contributed by atoms with van der Waals surface area (Å²) >= 11 is 1.57. The number of hydrogen-bond donors (Lipinski definition) is 3. The third kappa shape index (κ3) is 3.68. The van der Waals surface area contributed by atoms with Crippen LogP contribution in [0.5, 0.6) is 0 Å². The number of aliphatic carboxylic acids is 1. The molecule has 1 aliphatic rings. The zero-order chi connectivity index (χ0) is 12.1. The number of carboxylic acid groups (broad SMARTS) is 1. The molecular weight excluding hydrogens is 228 g/mol. The van der Waals surface area contributed by atoms with Crippen LogP contribution in [0.25, 0.3) is 0 Å². The Labute approximate surface area is 99.4 Å². The Morgan fingerprint density at radius 2 is 2.19 bits per heavy atom. The predicted molar refractivity (Wildman–Crippen MR) is 63.5 cm³/mol. The largest absolute Gasteiger partial charge is 0.480 e. The van der Waals surface area contributed by atoms with Crippen molar-refractivity contribution in [3.8, 4) is 0 Å². The molecule has 0 spiro atoms. The van der Waals surface area contributed by atoms with Crippen molar-refractivity contribution in [1.29, 1.82) is 0 Å². The van der Waals surface area contributed by atoms with Gasteiger partial charge in [0, 0.05) is 18.8 Å². The standard InChI is InChI=1S/C10H18N2O3S/c1-6(2)8(10(14)15)12-9(13)7-5-11-3-4-16-7/h6-8,11H,3-5H2,1-2H3,(H,12,13)(H,14,15)/t7?,8-/m0/s1. The van der Waals surface area contributed by atoms with Crippen LogP contribution in [0.1, 0.15) is 13.8 Å². The topological polar surface area (TPSA) is 78.4 Å². The number of thioether (sulfide) groups is 1. The summed E-state index contributed by atoms with van der Waals surface area (Å²) in [6.07, 6.45) is 0. The SMILES string of the molecule is CC(C)[C@H](NC(=O)C1CNCCS1)C(=O)O. The van der Waals surface area contributed by atoms with Gasteiger partial charge in [-0.2, -0.15) is 0 Å². The predicted octanol–water partition coefficient (Wildman–Crippen LogP) is -0.0832. The van der Waals surface area contributed by atoms with Gasteiger partial charge in [0.25, 0.3) is 0 Å². The van der Waals surface area contributed by atoms with Gasteiger partial charge in [-0.25, -0.2) is 4.79 Å². The molecule has 0 saturated carbocycles. The van der Waals surface area contributed by atoms with Gasteiger partial charge >= 0.3 is 5.97 Å². The van der Waals surface area contributed by atoms with E-state index in [2.05, 4.69) is 10.6 Å². The molecule has 0 aromatic carbocycles. The molecule has 1 rings (SSSR count). The summed E-state index contributed by atoms with van der Waals surface area (Å²) in [5.41, 5.74) is 0. The normalized spacial score (nSPS) is 22.8. The highest BCUT2D eigenvalue weighted by atomic mass is 32.2. The molecule has 1 fully saturated rings. The molecule has 1 heterocycles. The summed E-state index contributed by atoms with van der Waals surface area (Å²) in [5.74, 6) is -0.379. The fourth-order valence-corrected chi connectivity index (χ4v) is 2.50. The van der Waals surface area contributed by atoms with Crippen molar-refractivity contribution in [2.24, 2.45) is 5.92 Å².